The highest BCUT2D eigenvalue weighted by Gasteiger charge is 2.30. The van der Waals surface area contributed by atoms with Gasteiger partial charge in [-0.2, -0.15) is 0 Å². The third-order valence-electron chi connectivity index (χ3n) is 5.99. The van der Waals surface area contributed by atoms with E-state index in [0.29, 0.717) is 36.2 Å². The highest BCUT2D eigenvalue weighted by Crippen LogP contribution is 2.33. The Morgan fingerprint density at radius 3 is 2.58 bits per heavy atom. The van der Waals surface area contributed by atoms with E-state index in [0.717, 1.165) is 29.0 Å². The maximum atomic E-state index is 13.6. The van der Waals surface area contributed by atoms with Gasteiger partial charge in [-0.25, -0.2) is 0 Å². The van der Waals surface area contributed by atoms with Crippen LogP contribution in [0.1, 0.15) is 38.5 Å². The van der Waals surface area contributed by atoms with Gasteiger partial charge in [0, 0.05) is 18.0 Å². The number of hydrogen-bond acceptors (Lipinski definition) is 6. The molecule has 1 aliphatic heterocycles. The zero-order chi connectivity index (χ0) is 22.8. The number of ether oxygens (including phenoxy) is 2. The van der Waals surface area contributed by atoms with Crippen LogP contribution in [0.3, 0.4) is 0 Å². The molecule has 6 nitrogen and oxygen atoms in total. The van der Waals surface area contributed by atoms with Crippen molar-refractivity contribution < 1.29 is 19.1 Å². The molecule has 1 saturated carbocycles. The predicted molar refractivity (Wildman–Crippen MR) is 129 cm³/mol. The smallest absolute Gasteiger partial charge is 0.264 e. The SMILES string of the molecule is Cc1ccsc1CN(Cc1ccc2c(c1)OCO2)C(=O)CN(CC1CC1)C(=O)c1cccs1. The summed E-state index contributed by atoms with van der Waals surface area (Å²) in [5, 5.41) is 3.95. The lowest BCUT2D eigenvalue weighted by Crippen LogP contribution is -2.43. The minimum Gasteiger partial charge on any atom is -0.454 e. The molecule has 0 radical (unpaired) electrons. The molecule has 5 rings (SSSR count). The Hall–Kier alpha value is -2.84. The average molecular weight is 483 g/mol. The normalized spacial score (nSPS) is 14.3. The molecule has 1 aliphatic carbocycles. The van der Waals surface area contributed by atoms with E-state index in [1.54, 1.807) is 16.2 Å². The van der Waals surface area contributed by atoms with Gasteiger partial charge in [-0.05, 0) is 71.8 Å². The fraction of sp³-hybridized carbons (Fsp3) is 0.360. The first kappa shape index (κ1) is 22.0. The number of benzene rings is 1. The van der Waals surface area contributed by atoms with Crippen LogP contribution in [0.4, 0.5) is 0 Å². The van der Waals surface area contributed by atoms with Gasteiger partial charge in [-0.15, -0.1) is 22.7 Å². The van der Waals surface area contributed by atoms with Gasteiger partial charge in [0.1, 0.15) is 6.54 Å². The van der Waals surface area contributed by atoms with E-state index in [-0.39, 0.29) is 25.2 Å². The highest BCUT2D eigenvalue weighted by molar-refractivity contribution is 7.12. The number of carbonyl (C=O) groups is 2. The Bertz CT molecular complexity index is 1140. The van der Waals surface area contributed by atoms with Gasteiger partial charge in [0.15, 0.2) is 11.5 Å². The molecular weight excluding hydrogens is 456 g/mol. The lowest BCUT2D eigenvalue weighted by molar-refractivity contribution is -0.133. The second-order valence-corrected chi connectivity index (χ2v) is 10.5. The van der Waals surface area contributed by atoms with Gasteiger partial charge in [0.2, 0.25) is 12.7 Å². The minimum atomic E-state index is -0.0550. The topological polar surface area (TPSA) is 59.1 Å². The summed E-state index contributed by atoms with van der Waals surface area (Å²) in [6, 6.07) is 11.6. The third-order valence-corrected chi connectivity index (χ3v) is 7.85. The summed E-state index contributed by atoms with van der Waals surface area (Å²) in [6.45, 7) is 3.96. The molecule has 8 heteroatoms. The lowest BCUT2D eigenvalue weighted by Gasteiger charge is -2.28. The van der Waals surface area contributed by atoms with Gasteiger partial charge in [-0.1, -0.05) is 12.1 Å². The van der Waals surface area contributed by atoms with Crippen molar-refractivity contribution in [2.24, 2.45) is 5.92 Å². The van der Waals surface area contributed by atoms with E-state index in [4.69, 9.17) is 9.47 Å². The molecule has 3 heterocycles. The monoisotopic (exact) mass is 482 g/mol. The minimum absolute atomic E-state index is 0.0500. The van der Waals surface area contributed by atoms with Crippen LogP contribution in [0, 0.1) is 12.8 Å². The van der Waals surface area contributed by atoms with E-state index in [2.05, 4.69) is 13.0 Å². The van der Waals surface area contributed by atoms with Gasteiger partial charge >= 0.3 is 0 Å². The van der Waals surface area contributed by atoms with Crippen molar-refractivity contribution in [1.82, 2.24) is 9.80 Å². The fourth-order valence-electron chi connectivity index (χ4n) is 3.88. The van der Waals surface area contributed by atoms with Crippen molar-refractivity contribution in [2.75, 3.05) is 19.9 Å². The predicted octanol–water partition coefficient (Wildman–Crippen LogP) is 4.93. The van der Waals surface area contributed by atoms with Crippen molar-refractivity contribution >= 4 is 34.5 Å². The Kier molecular flexibility index (Phi) is 6.37. The van der Waals surface area contributed by atoms with E-state index in [1.807, 2.05) is 46.0 Å². The number of carbonyl (C=O) groups excluding carboxylic acids is 2. The number of hydrogen-bond donors (Lipinski definition) is 0. The number of fused-ring (bicyclic) bond motifs is 1. The van der Waals surface area contributed by atoms with Gasteiger partial charge in [-0.3, -0.25) is 9.59 Å². The lowest BCUT2D eigenvalue weighted by atomic mass is 10.1. The number of thiophene rings is 2. The van der Waals surface area contributed by atoms with Crippen molar-refractivity contribution in [3.8, 4) is 11.5 Å². The molecule has 33 heavy (non-hydrogen) atoms. The summed E-state index contributed by atoms with van der Waals surface area (Å²) >= 11 is 3.07. The van der Waals surface area contributed by atoms with Crippen LogP contribution in [-0.2, 0) is 17.9 Å². The molecule has 172 valence electrons. The molecule has 3 aromatic rings. The number of nitrogens with zero attached hydrogens (tertiary/aromatic N) is 2. The van der Waals surface area contributed by atoms with E-state index in [9.17, 15) is 9.59 Å². The summed E-state index contributed by atoms with van der Waals surface area (Å²) in [7, 11) is 0. The second-order valence-electron chi connectivity index (χ2n) is 8.57. The molecule has 0 spiro atoms. The number of aryl methyl sites for hydroxylation is 1. The third kappa shape index (κ3) is 5.23. The van der Waals surface area contributed by atoms with Crippen LogP contribution in [-0.4, -0.2) is 41.5 Å². The molecule has 1 aromatic carbocycles. The zero-order valence-corrected chi connectivity index (χ0v) is 20.1. The molecule has 1 fully saturated rings. The Labute approximate surface area is 201 Å². The molecule has 0 saturated heterocycles. The van der Waals surface area contributed by atoms with Crippen molar-refractivity contribution in [3.05, 3.63) is 68.0 Å². The largest absolute Gasteiger partial charge is 0.454 e. The fourth-order valence-corrected chi connectivity index (χ4v) is 5.49. The average Bonchev–Trinajstić information content (AvgIpc) is 3.20. The van der Waals surface area contributed by atoms with Crippen LogP contribution in [0.5, 0.6) is 11.5 Å². The van der Waals surface area contributed by atoms with Crippen LogP contribution in [0.15, 0.2) is 47.2 Å². The van der Waals surface area contributed by atoms with Crippen LogP contribution >= 0.6 is 22.7 Å². The molecule has 2 aliphatic rings. The number of amides is 2. The van der Waals surface area contributed by atoms with Crippen LogP contribution in [0.2, 0.25) is 0 Å². The molecule has 0 unspecified atom stereocenters. The molecule has 0 atom stereocenters. The standard InChI is InChI=1S/C25H26N2O4S2/c1-17-8-10-33-23(17)14-26(13-19-6-7-20-21(11-19)31-16-30-20)24(28)15-27(12-18-4-5-18)25(29)22-3-2-9-32-22/h2-3,6-11,18H,4-5,12-16H2,1H3. The molecule has 0 bridgehead atoms. The van der Waals surface area contributed by atoms with Crippen LogP contribution < -0.4 is 9.47 Å². The van der Waals surface area contributed by atoms with Gasteiger partial charge < -0.3 is 19.3 Å². The molecule has 2 amide bonds. The first-order valence-corrected chi connectivity index (χ1v) is 12.8. The van der Waals surface area contributed by atoms with Crippen molar-refractivity contribution in [3.63, 3.8) is 0 Å². The summed E-state index contributed by atoms with van der Waals surface area (Å²) in [5.74, 6) is 1.83. The first-order chi connectivity index (χ1) is 16.1. The highest BCUT2D eigenvalue weighted by atomic mass is 32.1. The number of rotatable bonds is 9. The van der Waals surface area contributed by atoms with Crippen molar-refractivity contribution in [2.45, 2.75) is 32.9 Å². The summed E-state index contributed by atoms with van der Waals surface area (Å²) in [4.78, 5) is 32.1. The first-order valence-electron chi connectivity index (χ1n) is 11.1. The van der Waals surface area contributed by atoms with Gasteiger partial charge in [0.05, 0.1) is 11.4 Å². The molecule has 2 aromatic heterocycles. The van der Waals surface area contributed by atoms with Crippen molar-refractivity contribution in [1.29, 1.82) is 0 Å². The summed E-state index contributed by atoms with van der Waals surface area (Å²) in [5.41, 5.74) is 2.15. The van der Waals surface area contributed by atoms with E-state index < -0.39 is 0 Å². The van der Waals surface area contributed by atoms with Crippen LogP contribution in [0.25, 0.3) is 0 Å². The summed E-state index contributed by atoms with van der Waals surface area (Å²) in [6.07, 6.45) is 2.25. The quantitative estimate of drug-likeness (QED) is 0.434. The summed E-state index contributed by atoms with van der Waals surface area (Å²) < 4.78 is 10.9. The van der Waals surface area contributed by atoms with E-state index in [1.165, 1.54) is 16.9 Å². The zero-order valence-electron chi connectivity index (χ0n) is 18.5. The molecular formula is C25H26N2O4S2. The Balaban J connectivity index is 1.36. The second kappa shape index (κ2) is 9.57. The molecule has 0 N–H and O–H groups in total. The maximum Gasteiger partial charge on any atom is 0.264 e. The Morgan fingerprint density at radius 1 is 1.00 bits per heavy atom. The van der Waals surface area contributed by atoms with E-state index >= 15 is 0 Å². The van der Waals surface area contributed by atoms with Gasteiger partial charge in [0.25, 0.3) is 5.91 Å². The maximum absolute atomic E-state index is 13.6. The Morgan fingerprint density at radius 2 is 1.85 bits per heavy atom.